The number of anilines is 1. The Morgan fingerprint density at radius 3 is 2.19 bits per heavy atom. The summed E-state index contributed by atoms with van der Waals surface area (Å²) in [5, 5.41) is 6.62. The van der Waals surface area contributed by atoms with E-state index >= 15 is 0 Å². The third kappa shape index (κ3) is 5.32. The highest BCUT2D eigenvalue weighted by Gasteiger charge is 2.34. The Bertz CT molecular complexity index is 625. The number of amides is 2. The molecular weight excluding hydrogens is 338 g/mol. The zero-order chi connectivity index (χ0) is 19.2. The first-order valence-corrected chi connectivity index (χ1v) is 10.5. The van der Waals surface area contributed by atoms with Crippen LogP contribution in [0.5, 0.6) is 0 Å². The number of nitrogens with one attached hydrogen (secondary N) is 2. The van der Waals surface area contributed by atoms with Crippen molar-refractivity contribution in [1.82, 2.24) is 10.2 Å². The third-order valence-electron chi connectivity index (χ3n) is 5.73. The molecule has 5 nitrogen and oxygen atoms in total. The van der Waals surface area contributed by atoms with Crippen molar-refractivity contribution in [1.29, 1.82) is 0 Å². The summed E-state index contributed by atoms with van der Waals surface area (Å²) in [5.41, 5.74) is 1.45. The van der Waals surface area contributed by atoms with Gasteiger partial charge in [0, 0.05) is 42.8 Å². The molecule has 1 aromatic carbocycles. The van der Waals surface area contributed by atoms with Gasteiger partial charge in [-0.2, -0.15) is 0 Å². The van der Waals surface area contributed by atoms with Gasteiger partial charge in [-0.25, -0.2) is 0 Å². The van der Waals surface area contributed by atoms with Crippen LogP contribution in [-0.2, 0) is 4.79 Å². The summed E-state index contributed by atoms with van der Waals surface area (Å²) in [5.74, 6) is 0.641. The van der Waals surface area contributed by atoms with Gasteiger partial charge >= 0.3 is 0 Å². The number of fused-ring (bicyclic) bond motifs is 2. The van der Waals surface area contributed by atoms with Gasteiger partial charge in [0.1, 0.15) is 0 Å². The smallest absolute Gasteiger partial charge is 0.253 e. The van der Waals surface area contributed by atoms with E-state index in [0.717, 1.165) is 44.5 Å². The lowest BCUT2D eigenvalue weighted by atomic mass is 9.89. The Labute approximate surface area is 162 Å². The number of carbonyl (C=O) groups excluding carboxylic acids is 2. The molecule has 27 heavy (non-hydrogen) atoms. The van der Waals surface area contributed by atoms with Gasteiger partial charge in [0.05, 0.1) is 0 Å². The molecule has 0 saturated carbocycles. The van der Waals surface area contributed by atoms with Crippen molar-refractivity contribution >= 4 is 17.5 Å². The van der Waals surface area contributed by atoms with E-state index in [1.54, 1.807) is 0 Å². The van der Waals surface area contributed by atoms with Crippen LogP contribution in [0.4, 0.5) is 5.69 Å². The predicted molar refractivity (Wildman–Crippen MR) is 109 cm³/mol. The predicted octanol–water partition coefficient (Wildman–Crippen LogP) is 3.81. The maximum atomic E-state index is 12.6. The molecule has 1 aromatic rings. The van der Waals surface area contributed by atoms with Crippen molar-refractivity contribution in [2.45, 2.75) is 70.9 Å². The second kappa shape index (κ2) is 9.36. The molecule has 0 spiro atoms. The summed E-state index contributed by atoms with van der Waals surface area (Å²) in [6, 6.07) is 8.55. The Morgan fingerprint density at radius 1 is 1.04 bits per heavy atom. The maximum Gasteiger partial charge on any atom is 0.253 e. The standard InChI is InChI=1S/C22H33N3O2/c1-3-11-25(12-4-2)22(27)17-5-7-18(8-6-17)24-21(26)15-16-13-19-9-10-20(14-16)23-19/h5-8,16,19-20,23H,3-4,9-15H2,1-2H3,(H,24,26). The normalized spacial score (nSPS) is 23.9. The van der Waals surface area contributed by atoms with E-state index in [4.69, 9.17) is 0 Å². The summed E-state index contributed by atoms with van der Waals surface area (Å²) < 4.78 is 0. The fourth-order valence-corrected chi connectivity index (χ4v) is 4.55. The number of nitrogens with zero attached hydrogens (tertiary/aromatic N) is 1. The lowest BCUT2D eigenvalue weighted by Crippen LogP contribution is -2.39. The summed E-state index contributed by atoms with van der Waals surface area (Å²) >= 11 is 0. The first-order valence-electron chi connectivity index (χ1n) is 10.5. The molecular formula is C22H33N3O2. The molecule has 3 rings (SSSR count). The minimum absolute atomic E-state index is 0.0711. The molecule has 2 N–H and O–H groups in total. The lowest BCUT2D eigenvalue weighted by Gasteiger charge is -2.28. The third-order valence-corrected chi connectivity index (χ3v) is 5.73. The molecule has 0 aliphatic carbocycles. The van der Waals surface area contributed by atoms with E-state index in [2.05, 4.69) is 24.5 Å². The van der Waals surface area contributed by atoms with Crippen LogP contribution < -0.4 is 10.6 Å². The van der Waals surface area contributed by atoms with Crippen LogP contribution in [0.2, 0.25) is 0 Å². The highest BCUT2D eigenvalue weighted by molar-refractivity contribution is 5.95. The Balaban J connectivity index is 1.52. The van der Waals surface area contributed by atoms with Gasteiger partial charge in [0.25, 0.3) is 5.91 Å². The minimum atomic E-state index is 0.0711. The van der Waals surface area contributed by atoms with Crippen LogP contribution >= 0.6 is 0 Å². The van der Waals surface area contributed by atoms with E-state index in [1.165, 1.54) is 12.8 Å². The van der Waals surface area contributed by atoms with E-state index in [9.17, 15) is 9.59 Å². The first-order chi connectivity index (χ1) is 13.1. The Kier molecular flexibility index (Phi) is 6.89. The van der Waals surface area contributed by atoms with Gasteiger partial charge in [0.2, 0.25) is 5.91 Å². The van der Waals surface area contributed by atoms with Gasteiger partial charge in [-0.1, -0.05) is 13.8 Å². The lowest BCUT2D eigenvalue weighted by molar-refractivity contribution is -0.117. The number of rotatable bonds is 8. The molecule has 2 bridgehead atoms. The van der Waals surface area contributed by atoms with Crippen LogP contribution in [0, 0.1) is 5.92 Å². The van der Waals surface area contributed by atoms with Crippen LogP contribution in [-0.4, -0.2) is 41.9 Å². The van der Waals surface area contributed by atoms with E-state index in [1.807, 2.05) is 29.2 Å². The fraction of sp³-hybridized carbons (Fsp3) is 0.636. The molecule has 2 amide bonds. The zero-order valence-corrected chi connectivity index (χ0v) is 16.7. The monoisotopic (exact) mass is 371 g/mol. The van der Waals surface area contributed by atoms with Gasteiger partial charge in [-0.15, -0.1) is 0 Å². The number of hydrogen-bond donors (Lipinski definition) is 2. The molecule has 2 aliphatic rings. The molecule has 2 saturated heterocycles. The van der Waals surface area contributed by atoms with Crippen LogP contribution in [0.15, 0.2) is 24.3 Å². The van der Waals surface area contributed by atoms with Crippen molar-refractivity contribution in [3.63, 3.8) is 0 Å². The Hall–Kier alpha value is -1.88. The van der Waals surface area contributed by atoms with Crippen molar-refractivity contribution in [2.75, 3.05) is 18.4 Å². The average Bonchev–Trinajstić information content (AvgIpc) is 3.00. The zero-order valence-electron chi connectivity index (χ0n) is 16.7. The fourth-order valence-electron chi connectivity index (χ4n) is 4.55. The highest BCUT2D eigenvalue weighted by Crippen LogP contribution is 2.32. The molecule has 2 atom stereocenters. The molecule has 2 fully saturated rings. The highest BCUT2D eigenvalue weighted by atomic mass is 16.2. The molecule has 2 heterocycles. The van der Waals surface area contributed by atoms with Crippen molar-refractivity contribution < 1.29 is 9.59 Å². The summed E-state index contributed by atoms with van der Waals surface area (Å²) in [7, 11) is 0. The number of benzene rings is 1. The molecule has 148 valence electrons. The first kappa shape index (κ1) is 19.9. The average molecular weight is 372 g/mol. The molecule has 0 aromatic heterocycles. The summed E-state index contributed by atoms with van der Waals surface area (Å²) in [4.78, 5) is 26.9. The molecule has 2 aliphatic heterocycles. The Morgan fingerprint density at radius 2 is 1.63 bits per heavy atom. The van der Waals surface area contributed by atoms with Gasteiger partial charge in [-0.05, 0) is 68.7 Å². The van der Waals surface area contributed by atoms with Crippen molar-refractivity contribution in [3.05, 3.63) is 29.8 Å². The minimum Gasteiger partial charge on any atom is -0.339 e. The van der Waals surface area contributed by atoms with E-state index in [-0.39, 0.29) is 11.8 Å². The quantitative estimate of drug-likeness (QED) is 0.730. The number of piperidine rings is 1. The van der Waals surface area contributed by atoms with Crippen LogP contribution in [0.3, 0.4) is 0 Å². The second-order valence-corrected chi connectivity index (χ2v) is 8.10. The van der Waals surface area contributed by atoms with E-state index in [0.29, 0.717) is 30.0 Å². The molecule has 5 heteroatoms. The topological polar surface area (TPSA) is 61.4 Å². The number of hydrogen-bond acceptors (Lipinski definition) is 3. The second-order valence-electron chi connectivity index (χ2n) is 8.10. The summed E-state index contributed by atoms with van der Waals surface area (Å²) in [6.45, 7) is 5.73. The van der Waals surface area contributed by atoms with Crippen molar-refractivity contribution in [3.8, 4) is 0 Å². The van der Waals surface area contributed by atoms with Gasteiger partial charge in [0.15, 0.2) is 0 Å². The van der Waals surface area contributed by atoms with Crippen LogP contribution in [0.1, 0.15) is 69.2 Å². The molecule has 2 unspecified atom stereocenters. The van der Waals surface area contributed by atoms with E-state index < -0.39 is 0 Å². The van der Waals surface area contributed by atoms with Crippen LogP contribution in [0.25, 0.3) is 0 Å². The van der Waals surface area contributed by atoms with Gasteiger partial charge < -0.3 is 15.5 Å². The van der Waals surface area contributed by atoms with Gasteiger partial charge in [-0.3, -0.25) is 9.59 Å². The maximum absolute atomic E-state index is 12.6. The molecule has 0 radical (unpaired) electrons. The SMILES string of the molecule is CCCN(CCC)C(=O)c1ccc(NC(=O)CC2CC3CCC(C2)N3)cc1. The van der Waals surface area contributed by atoms with Crippen molar-refractivity contribution in [2.24, 2.45) is 5.92 Å². The number of carbonyl (C=O) groups is 2. The largest absolute Gasteiger partial charge is 0.339 e. The summed E-state index contributed by atoms with van der Waals surface area (Å²) in [6.07, 6.45) is 7.24.